The summed E-state index contributed by atoms with van der Waals surface area (Å²) in [6, 6.07) is 11.0. The number of hydrogen-bond donors (Lipinski definition) is 0. The van der Waals surface area contributed by atoms with E-state index in [9.17, 15) is 17.6 Å². The Labute approximate surface area is 214 Å². The van der Waals surface area contributed by atoms with Gasteiger partial charge in [-0.15, -0.1) is 0 Å². The van der Waals surface area contributed by atoms with Gasteiger partial charge in [-0.05, 0) is 74.1 Å². The monoisotopic (exact) mass is 531 g/mol. The van der Waals surface area contributed by atoms with E-state index in [0.717, 1.165) is 41.6 Å². The standard InChI is InChI=1S/C26H30FN3O4S2/c1-2-18-5-10-23-24(16-18)35-26(28-23)30(17-21-4-3-15-34-21)25(31)19-11-13-29(14-12-19)36(32,33)22-8-6-20(27)7-9-22/h5-10,16,19,21H,2-4,11-15,17H2,1H3. The van der Waals surface area contributed by atoms with Gasteiger partial charge in [-0.2, -0.15) is 4.31 Å². The molecule has 2 fully saturated rings. The summed E-state index contributed by atoms with van der Waals surface area (Å²) in [5.74, 6) is -0.811. The third kappa shape index (κ3) is 5.18. The number of anilines is 1. The Balaban J connectivity index is 1.34. The third-order valence-electron chi connectivity index (χ3n) is 7.01. The number of rotatable bonds is 7. The van der Waals surface area contributed by atoms with Crippen molar-refractivity contribution >= 4 is 42.6 Å². The molecule has 5 rings (SSSR count). The highest BCUT2D eigenvalue weighted by atomic mass is 32.2. The number of sulfonamides is 1. The number of hydrogen-bond acceptors (Lipinski definition) is 6. The van der Waals surface area contributed by atoms with Gasteiger partial charge in [-0.1, -0.05) is 24.3 Å². The quantitative estimate of drug-likeness (QED) is 0.445. The lowest BCUT2D eigenvalue weighted by Gasteiger charge is -2.33. The van der Waals surface area contributed by atoms with Crippen LogP contribution >= 0.6 is 11.3 Å². The van der Waals surface area contributed by atoms with Gasteiger partial charge in [-0.3, -0.25) is 9.69 Å². The van der Waals surface area contributed by atoms with Gasteiger partial charge in [0.2, 0.25) is 15.9 Å². The molecule has 0 spiro atoms. The van der Waals surface area contributed by atoms with Crippen LogP contribution in [0.2, 0.25) is 0 Å². The van der Waals surface area contributed by atoms with Crippen LogP contribution in [0.4, 0.5) is 9.52 Å². The number of piperidine rings is 1. The average molecular weight is 532 g/mol. The molecule has 1 unspecified atom stereocenters. The maximum atomic E-state index is 13.8. The number of carbonyl (C=O) groups excluding carboxylic acids is 1. The normalized spacial score (nSPS) is 19.7. The van der Waals surface area contributed by atoms with E-state index in [-0.39, 0.29) is 35.9 Å². The molecule has 2 saturated heterocycles. The molecule has 0 radical (unpaired) electrons. The van der Waals surface area contributed by atoms with Crippen LogP contribution in [0.1, 0.15) is 38.2 Å². The summed E-state index contributed by atoms with van der Waals surface area (Å²) in [5, 5.41) is 0.667. The van der Waals surface area contributed by atoms with E-state index in [2.05, 4.69) is 19.1 Å². The first kappa shape index (κ1) is 25.3. The second kappa shape index (κ2) is 10.5. The highest BCUT2D eigenvalue weighted by molar-refractivity contribution is 7.89. The van der Waals surface area contributed by atoms with Gasteiger partial charge in [0.15, 0.2) is 5.13 Å². The molecule has 10 heteroatoms. The van der Waals surface area contributed by atoms with Crippen LogP contribution in [0.25, 0.3) is 10.2 Å². The van der Waals surface area contributed by atoms with Gasteiger partial charge in [0.1, 0.15) is 5.82 Å². The molecule has 1 amide bonds. The van der Waals surface area contributed by atoms with Crippen molar-refractivity contribution in [3.8, 4) is 0 Å². The van der Waals surface area contributed by atoms with Gasteiger partial charge in [0, 0.05) is 25.6 Å². The fraction of sp³-hybridized carbons (Fsp3) is 0.462. The molecule has 2 aliphatic heterocycles. The molecule has 192 valence electrons. The minimum atomic E-state index is -3.73. The van der Waals surface area contributed by atoms with Crippen molar-refractivity contribution in [2.45, 2.75) is 50.0 Å². The van der Waals surface area contributed by atoms with Crippen molar-refractivity contribution in [3.63, 3.8) is 0 Å². The summed E-state index contributed by atoms with van der Waals surface area (Å²) >= 11 is 1.52. The Hall–Kier alpha value is -2.40. The van der Waals surface area contributed by atoms with Crippen LogP contribution < -0.4 is 4.90 Å². The fourth-order valence-corrected chi connectivity index (χ4v) is 7.38. The van der Waals surface area contributed by atoms with Gasteiger partial charge in [0.05, 0.1) is 27.8 Å². The van der Waals surface area contributed by atoms with Crippen LogP contribution in [-0.2, 0) is 26.0 Å². The Morgan fingerprint density at radius 1 is 1.17 bits per heavy atom. The average Bonchev–Trinajstić information content (AvgIpc) is 3.56. The molecule has 7 nitrogen and oxygen atoms in total. The summed E-state index contributed by atoms with van der Waals surface area (Å²) in [4.78, 5) is 20.4. The Kier molecular flexibility index (Phi) is 7.39. The fourth-order valence-electron chi connectivity index (χ4n) is 4.87. The zero-order chi connectivity index (χ0) is 25.3. The van der Waals surface area contributed by atoms with Crippen molar-refractivity contribution in [1.29, 1.82) is 0 Å². The van der Waals surface area contributed by atoms with Crippen molar-refractivity contribution in [2.75, 3.05) is 31.1 Å². The lowest BCUT2D eigenvalue weighted by atomic mass is 9.96. The summed E-state index contributed by atoms with van der Waals surface area (Å²) in [6.07, 6.45) is 3.64. The molecular formula is C26H30FN3O4S2. The second-order valence-electron chi connectivity index (χ2n) is 9.37. The zero-order valence-electron chi connectivity index (χ0n) is 20.2. The molecule has 2 aliphatic rings. The Morgan fingerprint density at radius 3 is 2.58 bits per heavy atom. The molecule has 3 heterocycles. The molecular weight excluding hydrogens is 501 g/mol. The van der Waals surface area contributed by atoms with E-state index < -0.39 is 15.8 Å². The van der Waals surface area contributed by atoms with Crippen LogP contribution in [0.15, 0.2) is 47.4 Å². The topological polar surface area (TPSA) is 79.8 Å². The van der Waals surface area contributed by atoms with E-state index in [1.807, 2.05) is 6.07 Å². The number of halogens is 1. The SMILES string of the molecule is CCc1ccc2nc(N(CC3CCCO3)C(=O)C3CCN(S(=O)(=O)c4ccc(F)cc4)CC3)sc2c1. The highest BCUT2D eigenvalue weighted by Gasteiger charge is 2.36. The van der Waals surface area contributed by atoms with Crippen LogP contribution in [0, 0.1) is 11.7 Å². The van der Waals surface area contributed by atoms with E-state index >= 15 is 0 Å². The lowest BCUT2D eigenvalue weighted by molar-refractivity contribution is -0.123. The van der Waals surface area contributed by atoms with E-state index in [1.54, 1.807) is 4.90 Å². The molecule has 0 N–H and O–H groups in total. The molecule has 2 aromatic carbocycles. The number of ether oxygens (including phenoxy) is 1. The van der Waals surface area contributed by atoms with Crippen molar-refractivity contribution < 1.29 is 22.3 Å². The van der Waals surface area contributed by atoms with Crippen molar-refractivity contribution in [1.82, 2.24) is 9.29 Å². The molecule has 3 aromatic rings. The number of aromatic nitrogens is 1. The number of nitrogens with zero attached hydrogens (tertiary/aromatic N) is 3. The maximum absolute atomic E-state index is 13.8. The third-order valence-corrected chi connectivity index (χ3v) is 9.97. The van der Waals surface area contributed by atoms with Crippen LogP contribution in [-0.4, -0.2) is 56.0 Å². The molecule has 0 bridgehead atoms. The number of fused-ring (bicyclic) bond motifs is 1. The molecule has 0 aliphatic carbocycles. The van der Waals surface area contributed by atoms with E-state index in [0.29, 0.717) is 31.1 Å². The van der Waals surface area contributed by atoms with E-state index in [1.165, 1.54) is 33.3 Å². The first-order valence-electron chi connectivity index (χ1n) is 12.4. The predicted molar refractivity (Wildman–Crippen MR) is 138 cm³/mol. The number of benzene rings is 2. The predicted octanol–water partition coefficient (Wildman–Crippen LogP) is 4.61. The van der Waals surface area contributed by atoms with Gasteiger partial charge in [-0.25, -0.2) is 17.8 Å². The van der Waals surface area contributed by atoms with Crippen LogP contribution in [0.5, 0.6) is 0 Å². The molecule has 1 atom stereocenters. The summed E-state index contributed by atoms with van der Waals surface area (Å²) < 4.78 is 47.5. The smallest absolute Gasteiger partial charge is 0.243 e. The minimum Gasteiger partial charge on any atom is -0.376 e. The van der Waals surface area contributed by atoms with Crippen molar-refractivity contribution in [3.05, 3.63) is 53.8 Å². The van der Waals surface area contributed by atoms with Crippen LogP contribution in [0.3, 0.4) is 0 Å². The Bertz CT molecular complexity index is 1330. The van der Waals surface area contributed by atoms with Gasteiger partial charge < -0.3 is 4.74 Å². The van der Waals surface area contributed by atoms with Crippen molar-refractivity contribution in [2.24, 2.45) is 5.92 Å². The zero-order valence-corrected chi connectivity index (χ0v) is 21.9. The second-order valence-corrected chi connectivity index (χ2v) is 12.3. The summed E-state index contributed by atoms with van der Waals surface area (Å²) in [6.45, 7) is 3.74. The number of amides is 1. The van der Waals surface area contributed by atoms with Gasteiger partial charge in [0.25, 0.3) is 0 Å². The summed E-state index contributed by atoms with van der Waals surface area (Å²) in [7, 11) is -3.73. The van der Waals surface area contributed by atoms with E-state index in [4.69, 9.17) is 9.72 Å². The first-order chi connectivity index (χ1) is 17.3. The number of thiazole rings is 1. The highest BCUT2D eigenvalue weighted by Crippen LogP contribution is 2.33. The Morgan fingerprint density at radius 2 is 1.92 bits per heavy atom. The summed E-state index contributed by atoms with van der Waals surface area (Å²) in [5.41, 5.74) is 2.10. The largest absolute Gasteiger partial charge is 0.376 e. The molecule has 1 aromatic heterocycles. The molecule has 0 saturated carbocycles. The number of carbonyl (C=O) groups is 1. The number of aryl methyl sites for hydroxylation is 1. The minimum absolute atomic E-state index is 0.0221. The lowest BCUT2D eigenvalue weighted by Crippen LogP contribution is -2.46. The molecule has 36 heavy (non-hydrogen) atoms. The van der Waals surface area contributed by atoms with Gasteiger partial charge >= 0.3 is 0 Å². The first-order valence-corrected chi connectivity index (χ1v) is 14.7. The maximum Gasteiger partial charge on any atom is 0.243 e.